The highest BCUT2D eigenvalue weighted by molar-refractivity contribution is 5.39. The lowest BCUT2D eigenvalue weighted by Crippen LogP contribution is -2.47. The molecular weight excluding hydrogens is 227 g/mol. The van der Waals surface area contributed by atoms with E-state index >= 15 is 0 Å². The minimum atomic E-state index is -0.130. The van der Waals surface area contributed by atoms with Gasteiger partial charge in [-0.15, -0.1) is 0 Å². The zero-order valence-electron chi connectivity index (χ0n) is 10.5. The fraction of sp³-hybridized carbons (Fsp3) is 0.600. The van der Waals surface area contributed by atoms with Gasteiger partial charge in [-0.3, -0.25) is 0 Å². The van der Waals surface area contributed by atoms with Gasteiger partial charge in [-0.2, -0.15) is 0 Å². The van der Waals surface area contributed by atoms with Crippen molar-refractivity contribution in [2.75, 3.05) is 0 Å². The number of rotatable bonds is 0. The van der Waals surface area contributed by atoms with Crippen LogP contribution < -0.4 is 11.1 Å². The Labute approximate surface area is 107 Å². The first-order valence-electron chi connectivity index (χ1n) is 6.96. The summed E-state index contributed by atoms with van der Waals surface area (Å²) in [6.07, 6.45) is 5.84. The molecule has 0 aromatic heterocycles. The molecule has 2 nitrogen and oxygen atoms in total. The van der Waals surface area contributed by atoms with E-state index in [1.807, 2.05) is 6.07 Å². The third kappa shape index (κ3) is 1.41. The topological polar surface area (TPSA) is 38.0 Å². The van der Waals surface area contributed by atoms with Crippen molar-refractivity contribution >= 4 is 0 Å². The average molecular weight is 246 g/mol. The van der Waals surface area contributed by atoms with Crippen molar-refractivity contribution in [3.05, 3.63) is 35.1 Å². The highest BCUT2D eigenvalue weighted by Gasteiger charge is 2.51. The first kappa shape index (κ1) is 10.9. The summed E-state index contributed by atoms with van der Waals surface area (Å²) in [4.78, 5) is 0. The smallest absolute Gasteiger partial charge is 0.123 e. The van der Waals surface area contributed by atoms with E-state index in [-0.39, 0.29) is 17.3 Å². The van der Waals surface area contributed by atoms with E-state index in [9.17, 15) is 4.39 Å². The molecule has 1 aliphatic carbocycles. The molecule has 3 aliphatic rings. The fourth-order valence-corrected chi connectivity index (χ4v) is 4.54. The van der Waals surface area contributed by atoms with Gasteiger partial charge in [-0.05, 0) is 60.8 Å². The van der Waals surface area contributed by atoms with Crippen molar-refractivity contribution in [3.8, 4) is 0 Å². The van der Waals surface area contributed by atoms with Gasteiger partial charge in [0, 0.05) is 18.1 Å². The van der Waals surface area contributed by atoms with Gasteiger partial charge in [0.1, 0.15) is 5.82 Å². The summed E-state index contributed by atoms with van der Waals surface area (Å²) in [5.41, 5.74) is 9.02. The van der Waals surface area contributed by atoms with Crippen LogP contribution >= 0.6 is 0 Å². The average Bonchev–Trinajstić information content (AvgIpc) is 2.79. The van der Waals surface area contributed by atoms with Crippen LogP contribution in [-0.4, -0.2) is 12.1 Å². The zero-order valence-corrected chi connectivity index (χ0v) is 10.5. The Hall–Kier alpha value is -0.930. The number of hydrogen-bond acceptors (Lipinski definition) is 2. The Morgan fingerprint density at radius 3 is 2.67 bits per heavy atom. The first-order valence-corrected chi connectivity index (χ1v) is 6.96. The number of benzene rings is 1. The van der Waals surface area contributed by atoms with Gasteiger partial charge < -0.3 is 11.1 Å². The second-order valence-corrected chi connectivity index (χ2v) is 6.41. The quantitative estimate of drug-likeness (QED) is 0.737. The maximum Gasteiger partial charge on any atom is 0.123 e. The molecule has 3 N–H and O–H groups in total. The zero-order chi connectivity index (χ0) is 12.3. The molecule has 1 aromatic rings. The van der Waals surface area contributed by atoms with Gasteiger partial charge in [-0.25, -0.2) is 4.39 Å². The van der Waals surface area contributed by atoms with Crippen LogP contribution in [0.1, 0.15) is 42.9 Å². The molecule has 0 saturated carbocycles. The van der Waals surface area contributed by atoms with Gasteiger partial charge in [-0.1, -0.05) is 6.07 Å². The normalized spacial score (nSPS) is 41.3. The fourth-order valence-electron chi connectivity index (χ4n) is 4.54. The summed E-state index contributed by atoms with van der Waals surface area (Å²) in [7, 11) is 0. The van der Waals surface area contributed by atoms with Crippen LogP contribution in [0.4, 0.5) is 4.39 Å². The number of fused-ring (bicyclic) bond motifs is 3. The number of hydrogen-bond donors (Lipinski definition) is 2. The van der Waals surface area contributed by atoms with Crippen molar-refractivity contribution in [1.29, 1.82) is 0 Å². The lowest BCUT2D eigenvalue weighted by atomic mass is 9.71. The third-order valence-corrected chi connectivity index (χ3v) is 5.28. The Morgan fingerprint density at radius 1 is 1.22 bits per heavy atom. The van der Waals surface area contributed by atoms with E-state index in [1.54, 1.807) is 12.1 Å². The molecular formula is C15H19FN2. The maximum absolute atomic E-state index is 13.4. The van der Waals surface area contributed by atoms with Crippen LogP contribution in [-0.2, 0) is 6.42 Å². The highest BCUT2D eigenvalue weighted by atomic mass is 19.1. The van der Waals surface area contributed by atoms with Crippen molar-refractivity contribution in [3.63, 3.8) is 0 Å². The summed E-state index contributed by atoms with van der Waals surface area (Å²) in [5.74, 6) is -0.130. The van der Waals surface area contributed by atoms with E-state index in [4.69, 9.17) is 5.73 Å². The van der Waals surface area contributed by atoms with E-state index in [0.717, 1.165) is 24.8 Å². The van der Waals surface area contributed by atoms with E-state index in [1.165, 1.54) is 18.4 Å². The SMILES string of the molecule is NC1c2ccc(F)cc2CC12CC1CCC(C2)N1. The first-order chi connectivity index (χ1) is 8.66. The predicted octanol–water partition coefficient (Wildman–Crippen LogP) is 2.28. The molecule has 1 aromatic carbocycles. The van der Waals surface area contributed by atoms with Gasteiger partial charge in [0.25, 0.3) is 0 Å². The van der Waals surface area contributed by atoms with Crippen LogP contribution in [0, 0.1) is 11.2 Å². The van der Waals surface area contributed by atoms with Gasteiger partial charge in [0.2, 0.25) is 0 Å². The molecule has 2 saturated heterocycles. The number of halogens is 1. The van der Waals surface area contributed by atoms with Crippen LogP contribution in [0.15, 0.2) is 18.2 Å². The Bertz CT molecular complexity index is 487. The van der Waals surface area contributed by atoms with E-state index < -0.39 is 0 Å². The lowest BCUT2D eigenvalue weighted by Gasteiger charge is -2.41. The van der Waals surface area contributed by atoms with E-state index in [2.05, 4.69) is 5.32 Å². The molecule has 0 radical (unpaired) electrons. The van der Waals surface area contributed by atoms with Crippen molar-refractivity contribution in [1.82, 2.24) is 5.32 Å². The van der Waals surface area contributed by atoms with E-state index in [0.29, 0.717) is 12.1 Å². The Kier molecular flexibility index (Phi) is 2.16. The number of piperidine rings is 1. The molecule has 3 unspecified atom stereocenters. The summed E-state index contributed by atoms with van der Waals surface area (Å²) >= 11 is 0. The maximum atomic E-state index is 13.4. The second kappa shape index (κ2) is 3.55. The van der Waals surface area contributed by atoms with Gasteiger partial charge in [0.15, 0.2) is 0 Å². The van der Waals surface area contributed by atoms with Gasteiger partial charge >= 0.3 is 0 Å². The summed E-state index contributed by atoms with van der Waals surface area (Å²) < 4.78 is 13.4. The summed E-state index contributed by atoms with van der Waals surface area (Å²) in [5, 5.41) is 3.67. The number of nitrogens with two attached hydrogens (primary N) is 1. The van der Waals surface area contributed by atoms with Crippen LogP contribution in [0.25, 0.3) is 0 Å². The molecule has 3 heteroatoms. The lowest BCUT2D eigenvalue weighted by molar-refractivity contribution is 0.136. The molecule has 3 atom stereocenters. The largest absolute Gasteiger partial charge is 0.323 e. The summed E-state index contributed by atoms with van der Waals surface area (Å²) in [6, 6.07) is 6.50. The molecule has 0 amide bonds. The molecule has 2 bridgehead atoms. The molecule has 2 fully saturated rings. The predicted molar refractivity (Wildman–Crippen MR) is 68.6 cm³/mol. The minimum absolute atomic E-state index is 0.0956. The third-order valence-electron chi connectivity index (χ3n) is 5.28. The Balaban J connectivity index is 1.73. The second-order valence-electron chi connectivity index (χ2n) is 6.41. The van der Waals surface area contributed by atoms with Crippen LogP contribution in [0.2, 0.25) is 0 Å². The van der Waals surface area contributed by atoms with Crippen molar-refractivity contribution < 1.29 is 4.39 Å². The van der Waals surface area contributed by atoms with Crippen LogP contribution in [0.3, 0.4) is 0 Å². The van der Waals surface area contributed by atoms with Gasteiger partial charge in [0.05, 0.1) is 0 Å². The molecule has 4 rings (SSSR count). The molecule has 2 heterocycles. The molecule has 1 spiro atoms. The van der Waals surface area contributed by atoms with Crippen molar-refractivity contribution in [2.24, 2.45) is 11.1 Å². The molecule has 96 valence electrons. The summed E-state index contributed by atoms with van der Waals surface area (Å²) in [6.45, 7) is 0. The monoisotopic (exact) mass is 246 g/mol. The number of nitrogens with one attached hydrogen (secondary N) is 1. The minimum Gasteiger partial charge on any atom is -0.323 e. The molecule has 18 heavy (non-hydrogen) atoms. The highest BCUT2D eigenvalue weighted by Crippen LogP contribution is 2.54. The van der Waals surface area contributed by atoms with Crippen molar-refractivity contribution in [2.45, 2.75) is 50.2 Å². The Morgan fingerprint density at radius 2 is 1.94 bits per heavy atom. The standard InChI is InChI=1S/C15H19FN2/c16-10-1-4-13-9(5-10)6-15(14(13)17)7-11-2-3-12(8-15)18-11/h1,4-5,11-12,14,18H,2-3,6-8,17H2. The van der Waals surface area contributed by atoms with Crippen LogP contribution in [0.5, 0.6) is 0 Å². The molecule has 2 aliphatic heterocycles.